The van der Waals surface area contributed by atoms with Gasteiger partial charge in [-0.25, -0.2) is 4.39 Å². The van der Waals surface area contributed by atoms with Crippen molar-refractivity contribution in [3.8, 4) is 0 Å². The largest absolute Gasteiger partial charge is 0.396 e. The van der Waals surface area contributed by atoms with Gasteiger partial charge in [0.2, 0.25) is 0 Å². The fraction of sp³-hybridized carbons (Fsp3) is 0.625. The fourth-order valence-electron chi connectivity index (χ4n) is 3.00. The summed E-state index contributed by atoms with van der Waals surface area (Å²) in [5, 5.41) is 13.1. The monoisotopic (exact) mass is 265 g/mol. The van der Waals surface area contributed by atoms with Gasteiger partial charge in [0.15, 0.2) is 0 Å². The predicted octanol–water partition coefficient (Wildman–Crippen LogP) is 3.42. The van der Waals surface area contributed by atoms with Crippen LogP contribution in [-0.4, -0.2) is 18.3 Å². The highest BCUT2D eigenvalue weighted by Crippen LogP contribution is 2.35. The van der Waals surface area contributed by atoms with Crippen LogP contribution in [0.2, 0.25) is 0 Å². The molecule has 19 heavy (non-hydrogen) atoms. The predicted molar refractivity (Wildman–Crippen MR) is 75.4 cm³/mol. The molecule has 0 aromatic heterocycles. The number of rotatable bonds is 5. The molecule has 2 N–H and O–H groups in total. The summed E-state index contributed by atoms with van der Waals surface area (Å²) in [5.74, 6) is -0.163. The van der Waals surface area contributed by atoms with Crippen molar-refractivity contribution in [3.05, 3.63) is 35.6 Å². The van der Waals surface area contributed by atoms with Crippen LogP contribution < -0.4 is 5.32 Å². The Hall–Kier alpha value is -0.930. The highest BCUT2D eigenvalue weighted by Gasteiger charge is 2.31. The highest BCUT2D eigenvalue weighted by molar-refractivity contribution is 5.20. The summed E-state index contributed by atoms with van der Waals surface area (Å²) in [5.41, 5.74) is 0.698. The van der Waals surface area contributed by atoms with Crippen LogP contribution in [0.1, 0.15) is 50.6 Å². The van der Waals surface area contributed by atoms with E-state index in [2.05, 4.69) is 5.32 Å². The molecule has 1 saturated carbocycles. The van der Waals surface area contributed by atoms with Crippen LogP contribution >= 0.6 is 0 Å². The Labute approximate surface area is 115 Å². The number of halogens is 1. The molecule has 1 aliphatic carbocycles. The SMILES string of the molecule is C[C@@H](NCC1(CO)CCCCC1)c1ccccc1F. The molecule has 0 unspecified atom stereocenters. The van der Waals surface area contributed by atoms with E-state index in [1.165, 1.54) is 25.3 Å². The molecule has 0 heterocycles. The third kappa shape index (κ3) is 3.54. The second-order valence-corrected chi connectivity index (χ2v) is 5.84. The molecular weight excluding hydrogens is 241 g/mol. The average Bonchev–Trinajstić information content (AvgIpc) is 2.46. The van der Waals surface area contributed by atoms with Gasteiger partial charge in [0.25, 0.3) is 0 Å². The lowest BCUT2D eigenvalue weighted by molar-refractivity contribution is 0.0787. The zero-order valence-corrected chi connectivity index (χ0v) is 11.7. The number of nitrogens with one attached hydrogen (secondary N) is 1. The zero-order chi connectivity index (χ0) is 13.7. The van der Waals surface area contributed by atoms with Crippen molar-refractivity contribution in [3.63, 3.8) is 0 Å². The first-order chi connectivity index (χ1) is 9.17. The molecule has 1 aliphatic rings. The van der Waals surface area contributed by atoms with Crippen LogP contribution in [0.15, 0.2) is 24.3 Å². The maximum atomic E-state index is 13.7. The first-order valence-electron chi connectivity index (χ1n) is 7.26. The normalized spacial score (nSPS) is 20.2. The van der Waals surface area contributed by atoms with Gasteiger partial charge in [-0.3, -0.25) is 0 Å². The van der Waals surface area contributed by atoms with Gasteiger partial charge in [0.1, 0.15) is 5.82 Å². The molecule has 2 rings (SSSR count). The Bertz CT molecular complexity index is 401. The lowest BCUT2D eigenvalue weighted by Crippen LogP contribution is -2.40. The van der Waals surface area contributed by atoms with Crippen molar-refractivity contribution >= 4 is 0 Å². The Morgan fingerprint density at radius 1 is 1.26 bits per heavy atom. The van der Waals surface area contributed by atoms with Gasteiger partial charge in [-0.2, -0.15) is 0 Å². The van der Waals surface area contributed by atoms with E-state index in [0.717, 1.165) is 19.4 Å². The minimum Gasteiger partial charge on any atom is -0.396 e. The van der Waals surface area contributed by atoms with Gasteiger partial charge in [-0.05, 0) is 25.8 Å². The van der Waals surface area contributed by atoms with Crippen molar-refractivity contribution in [2.45, 2.75) is 45.1 Å². The minimum atomic E-state index is -0.163. The Balaban J connectivity index is 1.95. The van der Waals surface area contributed by atoms with Gasteiger partial charge in [-0.15, -0.1) is 0 Å². The van der Waals surface area contributed by atoms with Crippen LogP contribution in [0.3, 0.4) is 0 Å². The van der Waals surface area contributed by atoms with E-state index in [9.17, 15) is 9.50 Å². The number of aliphatic hydroxyl groups is 1. The third-order valence-corrected chi connectivity index (χ3v) is 4.40. The summed E-state index contributed by atoms with van der Waals surface area (Å²) >= 11 is 0. The van der Waals surface area contributed by atoms with E-state index < -0.39 is 0 Å². The van der Waals surface area contributed by atoms with Gasteiger partial charge < -0.3 is 10.4 Å². The molecule has 106 valence electrons. The fourth-order valence-corrected chi connectivity index (χ4v) is 3.00. The van der Waals surface area contributed by atoms with Gasteiger partial charge in [0.05, 0.1) is 0 Å². The lowest BCUT2D eigenvalue weighted by atomic mass is 9.74. The van der Waals surface area contributed by atoms with Crippen LogP contribution in [0, 0.1) is 11.2 Å². The number of aliphatic hydroxyl groups excluding tert-OH is 1. The number of benzene rings is 1. The maximum Gasteiger partial charge on any atom is 0.127 e. The summed E-state index contributed by atoms with van der Waals surface area (Å²) < 4.78 is 13.7. The maximum absolute atomic E-state index is 13.7. The summed E-state index contributed by atoms with van der Waals surface area (Å²) in [4.78, 5) is 0. The molecule has 1 atom stereocenters. The van der Waals surface area contributed by atoms with E-state index in [0.29, 0.717) is 5.56 Å². The number of hydrogen-bond donors (Lipinski definition) is 2. The van der Waals surface area contributed by atoms with E-state index in [1.807, 2.05) is 19.1 Å². The second-order valence-electron chi connectivity index (χ2n) is 5.84. The molecule has 0 radical (unpaired) electrons. The number of hydrogen-bond acceptors (Lipinski definition) is 2. The molecule has 3 heteroatoms. The van der Waals surface area contributed by atoms with Gasteiger partial charge in [0, 0.05) is 30.2 Å². The molecule has 0 bridgehead atoms. The average molecular weight is 265 g/mol. The molecule has 1 fully saturated rings. The molecule has 0 spiro atoms. The third-order valence-electron chi connectivity index (χ3n) is 4.40. The highest BCUT2D eigenvalue weighted by atomic mass is 19.1. The Morgan fingerprint density at radius 3 is 2.58 bits per heavy atom. The van der Waals surface area contributed by atoms with Crippen molar-refractivity contribution in [2.24, 2.45) is 5.41 Å². The van der Waals surface area contributed by atoms with E-state index in [1.54, 1.807) is 6.07 Å². The summed E-state index contributed by atoms with van der Waals surface area (Å²) in [7, 11) is 0. The van der Waals surface area contributed by atoms with Crippen LogP contribution in [0.4, 0.5) is 4.39 Å². The summed E-state index contributed by atoms with van der Waals surface area (Å²) in [6.45, 7) is 2.97. The van der Waals surface area contributed by atoms with Crippen molar-refractivity contribution in [2.75, 3.05) is 13.2 Å². The quantitative estimate of drug-likeness (QED) is 0.855. The Kier molecular flexibility index (Phi) is 4.94. The van der Waals surface area contributed by atoms with Crippen LogP contribution in [-0.2, 0) is 0 Å². The van der Waals surface area contributed by atoms with Crippen LogP contribution in [0.5, 0.6) is 0 Å². The Morgan fingerprint density at radius 2 is 1.95 bits per heavy atom. The van der Waals surface area contributed by atoms with E-state index >= 15 is 0 Å². The van der Waals surface area contributed by atoms with E-state index in [4.69, 9.17) is 0 Å². The zero-order valence-electron chi connectivity index (χ0n) is 11.7. The van der Waals surface area contributed by atoms with Crippen molar-refractivity contribution in [1.82, 2.24) is 5.32 Å². The standard InChI is InChI=1S/C16H24FNO/c1-13(14-7-3-4-8-15(14)17)18-11-16(12-19)9-5-2-6-10-16/h3-4,7-8,13,18-19H,2,5-6,9-12H2,1H3/t13-/m1/s1. The topological polar surface area (TPSA) is 32.3 Å². The molecule has 0 amide bonds. The molecule has 1 aromatic carbocycles. The second kappa shape index (κ2) is 6.49. The molecule has 0 saturated heterocycles. The van der Waals surface area contributed by atoms with Gasteiger partial charge >= 0.3 is 0 Å². The molecule has 1 aromatic rings. The minimum absolute atomic E-state index is 0.00222. The summed E-state index contributed by atoms with van der Waals surface area (Å²) in [6, 6.07) is 6.86. The molecule has 0 aliphatic heterocycles. The summed E-state index contributed by atoms with van der Waals surface area (Å²) in [6.07, 6.45) is 5.79. The van der Waals surface area contributed by atoms with Crippen LogP contribution in [0.25, 0.3) is 0 Å². The van der Waals surface area contributed by atoms with Crippen molar-refractivity contribution < 1.29 is 9.50 Å². The lowest BCUT2D eigenvalue weighted by Gasteiger charge is -2.36. The first kappa shape index (κ1) is 14.5. The smallest absolute Gasteiger partial charge is 0.127 e. The first-order valence-corrected chi connectivity index (χ1v) is 7.26. The molecular formula is C16H24FNO. The van der Waals surface area contributed by atoms with E-state index in [-0.39, 0.29) is 23.9 Å². The van der Waals surface area contributed by atoms with Gasteiger partial charge in [-0.1, -0.05) is 37.5 Å². The molecule has 2 nitrogen and oxygen atoms in total. The van der Waals surface area contributed by atoms with Crippen molar-refractivity contribution in [1.29, 1.82) is 0 Å².